The van der Waals surface area contributed by atoms with E-state index in [0.29, 0.717) is 19.7 Å². The monoisotopic (exact) mass is 181 g/mol. The Morgan fingerprint density at radius 2 is 2.54 bits per heavy atom. The number of nitrogens with zero attached hydrogens (tertiary/aromatic N) is 1. The van der Waals surface area contributed by atoms with E-state index in [-0.39, 0.29) is 12.5 Å². The fraction of sp³-hybridized carbons (Fsp3) is 0.500. The second-order valence-electron chi connectivity index (χ2n) is 2.94. The summed E-state index contributed by atoms with van der Waals surface area (Å²) < 4.78 is 5.02. The molecular weight excluding hydrogens is 166 g/mol. The first-order chi connectivity index (χ1) is 6.27. The third-order valence-electron chi connectivity index (χ3n) is 2.09. The Kier molecular flexibility index (Phi) is 3.71. The maximum atomic E-state index is 11.3. The fourth-order valence-electron chi connectivity index (χ4n) is 1.21. The Morgan fingerprint density at radius 3 is 3.08 bits per heavy atom. The van der Waals surface area contributed by atoms with Crippen LogP contribution in [-0.2, 0) is 9.53 Å². The van der Waals surface area contributed by atoms with Gasteiger partial charge in [-0.2, -0.15) is 0 Å². The van der Waals surface area contributed by atoms with E-state index >= 15 is 0 Å². The van der Waals surface area contributed by atoms with Crippen molar-refractivity contribution in [2.45, 2.75) is 6.92 Å². The SMILES string of the molecule is C=C/C(=C\C)CN1CCOCC1=O. The first kappa shape index (κ1) is 9.99. The van der Waals surface area contributed by atoms with Crippen molar-refractivity contribution in [2.24, 2.45) is 0 Å². The van der Waals surface area contributed by atoms with Gasteiger partial charge in [0.2, 0.25) is 5.91 Å². The van der Waals surface area contributed by atoms with Crippen LogP contribution in [0.5, 0.6) is 0 Å². The molecule has 0 aromatic rings. The predicted octanol–water partition coefficient (Wildman–Crippen LogP) is 0.978. The zero-order chi connectivity index (χ0) is 9.68. The van der Waals surface area contributed by atoms with Crippen LogP contribution in [0.25, 0.3) is 0 Å². The van der Waals surface area contributed by atoms with E-state index in [4.69, 9.17) is 4.74 Å². The topological polar surface area (TPSA) is 29.5 Å². The van der Waals surface area contributed by atoms with Crippen molar-refractivity contribution in [3.05, 3.63) is 24.3 Å². The van der Waals surface area contributed by atoms with Crippen LogP contribution < -0.4 is 0 Å². The highest BCUT2D eigenvalue weighted by molar-refractivity contribution is 5.78. The minimum Gasteiger partial charge on any atom is -0.370 e. The highest BCUT2D eigenvalue weighted by Gasteiger charge is 2.18. The van der Waals surface area contributed by atoms with Gasteiger partial charge in [-0.3, -0.25) is 4.79 Å². The van der Waals surface area contributed by atoms with Gasteiger partial charge in [-0.1, -0.05) is 18.7 Å². The van der Waals surface area contributed by atoms with Crippen LogP contribution in [0.3, 0.4) is 0 Å². The van der Waals surface area contributed by atoms with Crippen molar-refractivity contribution in [1.82, 2.24) is 4.90 Å². The molecule has 0 spiro atoms. The van der Waals surface area contributed by atoms with Gasteiger partial charge in [0.1, 0.15) is 6.61 Å². The minimum absolute atomic E-state index is 0.0625. The molecule has 1 amide bonds. The molecule has 13 heavy (non-hydrogen) atoms. The molecule has 1 aliphatic rings. The Bertz CT molecular complexity index is 233. The van der Waals surface area contributed by atoms with E-state index in [1.54, 1.807) is 11.0 Å². The standard InChI is InChI=1S/C10H15NO2/c1-3-9(4-2)7-11-5-6-13-8-10(11)12/h3-4H,1,5-8H2,2H3/b9-4+. The zero-order valence-electron chi connectivity index (χ0n) is 7.95. The Balaban J connectivity index is 2.51. The molecule has 1 rings (SSSR count). The van der Waals surface area contributed by atoms with E-state index in [1.165, 1.54) is 0 Å². The van der Waals surface area contributed by atoms with Crippen molar-refractivity contribution < 1.29 is 9.53 Å². The number of hydrogen-bond acceptors (Lipinski definition) is 2. The van der Waals surface area contributed by atoms with Crippen LogP contribution in [-0.4, -0.2) is 37.1 Å². The second-order valence-corrected chi connectivity index (χ2v) is 2.94. The Morgan fingerprint density at radius 1 is 1.77 bits per heavy atom. The van der Waals surface area contributed by atoms with Gasteiger partial charge in [-0.15, -0.1) is 0 Å². The molecule has 1 heterocycles. The van der Waals surface area contributed by atoms with E-state index in [9.17, 15) is 4.79 Å². The molecule has 3 nitrogen and oxygen atoms in total. The van der Waals surface area contributed by atoms with Gasteiger partial charge in [-0.25, -0.2) is 0 Å². The van der Waals surface area contributed by atoms with Gasteiger partial charge in [0.15, 0.2) is 0 Å². The van der Waals surface area contributed by atoms with E-state index < -0.39 is 0 Å². The zero-order valence-corrected chi connectivity index (χ0v) is 7.95. The van der Waals surface area contributed by atoms with Gasteiger partial charge in [0, 0.05) is 13.1 Å². The van der Waals surface area contributed by atoms with Crippen LogP contribution >= 0.6 is 0 Å². The molecule has 0 aliphatic carbocycles. The number of morpholine rings is 1. The summed E-state index contributed by atoms with van der Waals surface area (Å²) >= 11 is 0. The summed E-state index contributed by atoms with van der Waals surface area (Å²) in [5, 5.41) is 0. The van der Waals surface area contributed by atoms with Crippen molar-refractivity contribution in [3.63, 3.8) is 0 Å². The van der Waals surface area contributed by atoms with Gasteiger partial charge >= 0.3 is 0 Å². The molecule has 1 aliphatic heterocycles. The Hall–Kier alpha value is -1.09. The predicted molar refractivity (Wildman–Crippen MR) is 51.4 cm³/mol. The lowest BCUT2D eigenvalue weighted by Gasteiger charge is -2.27. The second kappa shape index (κ2) is 4.82. The van der Waals surface area contributed by atoms with Crippen LogP contribution in [0.2, 0.25) is 0 Å². The summed E-state index contributed by atoms with van der Waals surface area (Å²) in [5.74, 6) is 0.0625. The summed E-state index contributed by atoms with van der Waals surface area (Å²) in [5.41, 5.74) is 1.08. The fourth-order valence-corrected chi connectivity index (χ4v) is 1.21. The van der Waals surface area contributed by atoms with Gasteiger partial charge in [-0.05, 0) is 12.5 Å². The average molecular weight is 181 g/mol. The van der Waals surface area contributed by atoms with Crippen LogP contribution in [0, 0.1) is 0 Å². The third-order valence-corrected chi connectivity index (χ3v) is 2.09. The molecule has 0 radical (unpaired) electrons. The summed E-state index contributed by atoms with van der Waals surface area (Å²) in [7, 11) is 0. The number of allylic oxidation sites excluding steroid dienone is 1. The molecule has 0 saturated carbocycles. The quantitative estimate of drug-likeness (QED) is 0.607. The Labute approximate surface area is 78.7 Å². The maximum Gasteiger partial charge on any atom is 0.248 e. The molecule has 0 bridgehead atoms. The number of hydrogen-bond donors (Lipinski definition) is 0. The number of rotatable bonds is 3. The summed E-state index contributed by atoms with van der Waals surface area (Å²) in [6, 6.07) is 0. The normalized spacial score (nSPS) is 19.0. The highest BCUT2D eigenvalue weighted by Crippen LogP contribution is 2.04. The molecule has 72 valence electrons. The number of carbonyl (C=O) groups excluding carboxylic acids is 1. The van der Waals surface area contributed by atoms with Crippen molar-refractivity contribution in [2.75, 3.05) is 26.3 Å². The largest absolute Gasteiger partial charge is 0.370 e. The molecule has 0 aromatic carbocycles. The minimum atomic E-state index is 0.0625. The lowest BCUT2D eigenvalue weighted by molar-refractivity contribution is -0.141. The summed E-state index contributed by atoms with van der Waals surface area (Å²) in [6.45, 7) is 7.83. The highest BCUT2D eigenvalue weighted by atomic mass is 16.5. The first-order valence-corrected chi connectivity index (χ1v) is 4.41. The number of amides is 1. The van der Waals surface area contributed by atoms with Crippen molar-refractivity contribution in [1.29, 1.82) is 0 Å². The van der Waals surface area contributed by atoms with E-state index in [1.807, 2.05) is 13.0 Å². The van der Waals surface area contributed by atoms with E-state index in [2.05, 4.69) is 6.58 Å². The van der Waals surface area contributed by atoms with Gasteiger partial charge in [0.25, 0.3) is 0 Å². The van der Waals surface area contributed by atoms with Crippen LogP contribution in [0.1, 0.15) is 6.92 Å². The molecule has 0 unspecified atom stereocenters. The lowest BCUT2D eigenvalue weighted by atomic mass is 10.2. The maximum absolute atomic E-state index is 11.3. The van der Waals surface area contributed by atoms with Crippen molar-refractivity contribution in [3.8, 4) is 0 Å². The molecular formula is C10H15NO2. The smallest absolute Gasteiger partial charge is 0.248 e. The van der Waals surface area contributed by atoms with E-state index in [0.717, 1.165) is 5.57 Å². The average Bonchev–Trinajstić information content (AvgIpc) is 2.17. The van der Waals surface area contributed by atoms with Crippen LogP contribution in [0.4, 0.5) is 0 Å². The van der Waals surface area contributed by atoms with Gasteiger partial charge in [0.05, 0.1) is 6.61 Å². The summed E-state index contributed by atoms with van der Waals surface area (Å²) in [4.78, 5) is 13.1. The number of ether oxygens (including phenoxy) is 1. The molecule has 3 heteroatoms. The van der Waals surface area contributed by atoms with Crippen molar-refractivity contribution >= 4 is 5.91 Å². The lowest BCUT2D eigenvalue weighted by Crippen LogP contribution is -2.42. The molecule has 1 saturated heterocycles. The molecule has 0 aromatic heterocycles. The molecule has 0 atom stereocenters. The molecule has 0 N–H and O–H groups in total. The van der Waals surface area contributed by atoms with Crippen LogP contribution in [0.15, 0.2) is 24.3 Å². The third kappa shape index (κ3) is 2.70. The molecule has 1 fully saturated rings. The number of carbonyl (C=O) groups is 1. The first-order valence-electron chi connectivity index (χ1n) is 4.41. The summed E-state index contributed by atoms with van der Waals surface area (Å²) in [6.07, 6.45) is 3.75. The van der Waals surface area contributed by atoms with Gasteiger partial charge < -0.3 is 9.64 Å².